The van der Waals surface area contributed by atoms with E-state index >= 15 is 0 Å². The number of aliphatic hydroxyl groups is 4. The topological polar surface area (TPSA) is 256 Å². The third-order valence-electron chi connectivity index (χ3n) is 6.32. The van der Waals surface area contributed by atoms with E-state index in [0.717, 1.165) is 16.8 Å². The van der Waals surface area contributed by atoms with Crippen molar-refractivity contribution in [3.05, 3.63) is 33.1 Å². The minimum Gasteiger partial charge on any atom is -0.480 e. The number of hydrogen-bond acceptors (Lipinski definition) is 13. The predicted octanol–water partition coefficient (Wildman–Crippen LogP) is -5.32. The highest BCUT2D eigenvalue weighted by Crippen LogP contribution is 2.35. The van der Waals surface area contributed by atoms with Crippen LogP contribution in [-0.2, 0) is 19.0 Å². The van der Waals surface area contributed by atoms with Crippen LogP contribution in [0.2, 0.25) is 0 Å². The Balaban J connectivity index is 1.97. The fourth-order valence-electron chi connectivity index (χ4n) is 4.38. The monoisotopic (exact) mass is 519 g/mol. The van der Waals surface area contributed by atoms with Crippen LogP contribution >= 0.6 is 0 Å². The molecule has 0 spiro atoms. The van der Waals surface area contributed by atoms with Gasteiger partial charge in [-0.1, -0.05) is 0 Å². The molecule has 5 unspecified atom stereocenters. The van der Waals surface area contributed by atoms with Gasteiger partial charge in [-0.15, -0.1) is 0 Å². The molecule has 10 N–H and O–H groups in total. The Morgan fingerprint density at radius 3 is 2.42 bits per heavy atom. The lowest BCUT2D eigenvalue weighted by atomic mass is 9.98. The number of aliphatic hydroxyl groups excluding tert-OH is 4. The first-order valence-corrected chi connectivity index (χ1v) is 11.3. The van der Waals surface area contributed by atoms with E-state index in [-0.39, 0.29) is 19.6 Å². The molecule has 0 aromatic carbocycles. The van der Waals surface area contributed by atoms with E-state index in [1.165, 1.54) is 11.9 Å². The van der Waals surface area contributed by atoms with Gasteiger partial charge in [0.1, 0.15) is 48.8 Å². The predicted molar refractivity (Wildman–Crippen MR) is 120 cm³/mol. The highest BCUT2D eigenvalue weighted by atomic mass is 16.7. The molecule has 0 saturated carbocycles. The lowest BCUT2D eigenvalue weighted by Crippen LogP contribution is -2.57. The van der Waals surface area contributed by atoms with Crippen LogP contribution in [0.25, 0.3) is 0 Å². The highest BCUT2D eigenvalue weighted by Gasteiger charge is 2.54. The summed E-state index contributed by atoms with van der Waals surface area (Å²) in [5.41, 5.74) is 9.45. The number of hydrogen-bond donors (Lipinski definition) is 8. The molecule has 1 aromatic heterocycles. The number of likely N-dealkylation sites (N-methyl/N-ethyl adjacent to an activating group) is 1. The Labute approximate surface area is 204 Å². The summed E-state index contributed by atoms with van der Waals surface area (Å²) in [6.45, 7) is 0.291. The largest absolute Gasteiger partial charge is 0.480 e. The average Bonchev–Trinajstić information content (AvgIpc) is 3.27. The summed E-state index contributed by atoms with van der Waals surface area (Å²) in [5, 5.41) is 52.1. The zero-order valence-corrected chi connectivity index (χ0v) is 19.5. The van der Waals surface area contributed by atoms with E-state index < -0.39 is 78.5 Å². The molecule has 0 bridgehead atoms. The number of rotatable bonds is 11. The minimum absolute atomic E-state index is 0.167. The summed E-state index contributed by atoms with van der Waals surface area (Å²) < 4.78 is 17.8. The van der Waals surface area contributed by atoms with E-state index in [9.17, 15) is 39.9 Å². The Morgan fingerprint density at radius 2 is 1.86 bits per heavy atom. The van der Waals surface area contributed by atoms with Gasteiger partial charge in [0.2, 0.25) is 0 Å². The van der Waals surface area contributed by atoms with Gasteiger partial charge < -0.3 is 51.2 Å². The van der Waals surface area contributed by atoms with E-state index in [4.69, 9.17) is 25.7 Å². The van der Waals surface area contributed by atoms with Crippen LogP contribution in [0.4, 0.5) is 0 Å². The van der Waals surface area contributed by atoms with Crippen molar-refractivity contribution in [3.8, 4) is 0 Å². The van der Waals surface area contributed by atoms with Crippen LogP contribution in [0.3, 0.4) is 0 Å². The first-order valence-electron chi connectivity index (χ1n) is 11.3. The summed E-state index contributed by atoms with van der Waals surface area (Å²) >= 11 is 0. The Bertz CT molecular complexity index is 1000. The fraction of sp³-hybridized carbons (Fsp3) is 0.750. The number of aromatic amines is 1. The van der Waals surface area contributed by atoms with E-state index in [0.29, 0.717) is 6.42 Å². The number of carbonyl (C=O) groups is 1. The van der Waals surface area contributed by atoms with Crippen molar-refractivity contribution in [1.29, 1.82) is 0 Å². The number of H-pyrrole nitrogens is 1. The molecule has 0 aliphatic carbocycles. The van der Waals surface area contributed by atoms with Crippen molar-refractivity contribution in [3.63, 3.8) is 0 Å². The molecule has 3 rings (SSSR count). The Morgan fingerprint density at radius 1 is 1.17 bits per heavy atom. The standard InChI is InChI=1S/C20H33N5O11/c1-24(5-2-4-21)10(18(31)32)15(36-19-14(30)11(27)8(7-22)34-19)16-12(28)13(29)17(35-16)25-6-3-9(26)23-20(25)33/h3,6,8,10-17,19,27-30H,2,4-5,7,21-22H2,1H3,(H,31,32)(H,23,26,33)/t8-,10?,11-,12?,13?,14-,15?,16?,17-,19+/m1/s1. The summed E-state index contributed by atoms with van der Waals surface area (Å²) in [7, 11) is 1.47. The van der Waals surface area contributed by atoms with Crippen LogP contribution < -0.4 is 22.7 Å². The number of nitrogens with two attached hydrogens (primary N) is 2. The molecule has 0 amide bonds. The molecular formula is C20H33N5O11. The second-order valence-corrected chi connectivity index (χ2v) is 8.76. The number of aromatic nitrogens is 2. The van der Waals surface area contributed by atoms with Gasteiger partial charge >= 0.3 is 11.7 Å². The van der Waals surface area contributed by atoms with Crippen molar-refractivity contribution >= 4 is 5.97 Å². The lowest BCUT2D eigenvalue weighted by Gasteiger charge is -2.37. The molecule has 2 aliphatic heterocycles. The summed E-state index contributed by atoms with van der Waals surface area (Å²) in [5.74, 6) is -1.39. The zero-order valence-electron chi connectivity index (χ0n) is 19.5. The third kappa shape index (κ3) is 5.67. The maximum atomic E-state index is 12.4. The van der Waals surface area contributed by atoms with Gasteiger partial charge in [-0.05, 0) is 26.6 Å². The second kappa shape index (κ2) is 11.9. The molecule has 16 nitrogen and oxygen atoms in total. The van der Waals surface area contributed by atoms with Crippen LogP contribution in [0.1, 0.15) is 12.6 Å². The van der Waals surface area contributed by atoms with Gasteiger partial charge in [-0.25, -0.2) is 4.79 Å². The van der Waals surface area contributed by atoms with Gasteiger partial charge in [-0.3, -0.25) is 24.0 Å². The maximum absolute atomic E-state index is 12.4. The number of aliphatic carboxylic acids is 1. The molecular weight excluding hydrogens is 486 g/mol. The zero-order chi connectivity index (χ0) is 26.7. The first kappa shape index (κ1) is 28.3. The molecule has 2 aliphatic rings. The third-order valence-corrected chi connectivity index (χ3v) is 6.32. The van der Waals surface area contributed by atoms with Crippen LogP contribution in [0.5, 0.6) is 0 Å². The van der Waals surface area contributed by atoms with Gasteiger partial charge in [0.05, 0.1) is 0 Å². The average molecular weight is 520 g/mol. The molecule has 3 heterocycles. The first-order chi connectivity index (χ1) is 17.0. The van der Waals surface area contributed by atoms with Crippen molar-refractivity contribution in [2.45, 2.75) is 67.7 Å². The van der Waals surface area contributed by atoms with Crippen LogP contribution in [0, 0.1) is 0 Å². The number of ether oxygens (including phenoxy) is 3. The number of carboxylic acids is 1. The lowest BCUT2D eigenvalue weighted by molar-refractivity contribution is -0.234. The molecule has 0 radical (unpaired) electrons. The molecule has 204 valence electrons. The number of carboxylic acid groups (broad SMARTS) is 1. The summed E-state index contributed by atoms with van der Waals surface area (Å²) in [6.07, 6.45) is -12.3. The van der Waals surface area contributed by atoms with E-state index in [1.807, 2.05) is 4.98 Å². The van der Waals surface area contributed by atoms with Gasteiger partial charge in [0.25, 0.3) is 5.56 Å². The van der Waals surface area contributed by atoms with E-state index in [1.54, 1.807) is 0 Å². The van der Waals surface area contributed by atoms with Gasteiger partial charge in [-0.2, -0.15) is 0 Å². The van der Waals surface area contributed by atoms with Gasteiger partial charge in [0, 0.05) is 18.8 Å². The van der Waals surface area contributed by atoms with Crippen molar-refractivity contribution in [2.24, 2.45) is 11.5 Å². The van der Waals surface area contributed by atoms with Crippen LogP contribution in [0.15, 0.2) is 21.9 Å². The normalized spacial score (nSPS) is 34.2. The van der Waals surface area contributed by atoms with Gasteiger partial charge in [0.15, 0.2) is 12.5 Å². The molecule has 1 aromatic rings. The van der Waals surface area contributed by atoms with E-state index in [2.05, 4.69) is 0 Å². The highest BCUT2D eigenvalue weighted by molar-refractivity contribution is 5.74. The fourth-order valence-corrected chi connectivity index (χ4v) is 4.38. The number of nitrogens with zero attached hydrogens (tertiary/aromatic N) is 2. The molecule has 2 saturated heterocycles. The minimum atomic E-state index is -1.77. The molecule has 36 heavy (non-hydrogen) atoms. The Kier molecular flexibility index (Phi) is 9.33. The summed E-state index contributed by atoms with van der Waals surface area (Å²) in [6, 6.07) is -0.512. The molecule has 2 fully saturated rings. The quantitative estimate of drug-likeness (QED) is 0.136. The SMILES string of the molecule is CN(CCCN)C(C(=O)O)C(O[C@@H]1O[C@H](CN)[C@@H](O)[C@H]1O)C1O[C@@H](n2ccc(=O)[nH]c2=O)C(O)C1O. The van der Waals surface area contributed by atoms with Crippen molar-refractivity contribution < 1.29 is 44.5 Å². The Hall–Kier alpha value is -2.25. The molecule has 16 heteroatoms. The number of nitrogens with one attached hydrogen (secondary N) is 1. The maximum Gasteiger partial charge on any atom is 0.330 e. The smallest absolute Gasteiger partial charge is 0.330 e. The van der Waals surface area contributed by atoms with Crippen molar-refractivity contribution in [1.82, 2.24) is 14.5 Å². The van der Waals surface area contributed by atoms with Crippen LogP contribution in [-0.4, -0.2) is 128 Å². The molecule has 10 atom stereocenters. The summed E-state index contributed by atoms with van der Waals surface area (Å²) in [4.78, 5) is 39.4. The van der Waals surface area contributed by atoms with Crippen molar-refractivity contribution in [2.75, 3.05) is 26.7 Å². The second-order valence-electron chi connectivity index (χ2n) is 8.76.